The fourth-order valence-corrected chi connectivity index (χ4v) is 1.90. The predicted octanol–water partition coefficient (Wildman–Crippen LogP) is 3.13. The Kier molecular flexibility index (Phi) is 4.58. The highest BCUT2D eigenvalue weighted by Crippen LogP contribution is 2.17. The molecule has 17 heavy (non-hydrogen) atoms. The van der Waals surface area contributed by atoms with Crippen molar-refractivity contribution in [2.24, 2.45) is 0 Å². The Morgan fingerprint density at radius 1 is 1.06 bits per heavy atom. The van der Waals surface area contributed by atoms with E-state index >= 15 is 0 Å². The summed E-state index contributed by atoms with van der Waals surface area (Å²) in [6.45, 7) is 12.9. The highest BCUT2D eigenvalue weighted by Gasteiger charge is 2.09. The molecule has 0 saturated heterocycles. The number of anilines is 1. The van der Waals surface area contributed by atoms with E-state index in [2.05, 4.69) is 70.1 Å². The normalized spacial score (nSPS) is 11.6. The second-order valence-corrected chi connectivity index (χ2v) is 5.94. The molecule has 0 spiro atoms. The molecule has 1 aromatic rings. The lowest BCUT2D eigenvalue weighted by atomic mass is 10.1. The monoisotopic (exact) mass is 234 g/mol. The van der Waals surface area contributed by atoms with E-state index in [0.717, 1.165) is 13.1 Å². The standard InChI is InChI=1S/C15H26N2/c1-12-9-13(2)11-14(10-12)17(6)8-7-16-15(3,4)5/h9-11,16H,7-8H2,1-6H3. The molecule has 2 heteroatoms. The van der Waals surface area contributed by atoms with Gasteiger partial charge in [0.2, 0.25) is 0 Å². The van der Waals surface area contributed by atoms with Crippen LogP contribution in [0.4, 0.5) is 5.69 Å². The van der Waals surface area contributed by atoms with Crippen LogP contribution < -0.4 is 10.2 Å². The maximum atomic E-state index is 3.51. The predicted molar refractivity (Wildman–Crippen MR) is 76.9 cm³/mol. The van der Waals surface area contributed by atoms with Gasteiger partial charge in [-0.1, -0.05) is 6.07 Å². The Hall–Kier alpha value is -1.02. The molecular weight excluding hydrogens is 208 g/mol. The van der Waals surface area contributed by atoms with Crippen molar-refractivity contribution in [3.63, 3.8) is 0 Å². The third kappa shape index (κ3) is 5.22. The zero-order valence-electron chi connectivity index (χ0n) is 12.1. The van der Waals surface area contributed by atoms with Crippen LogP contribution in [0.25, 0.3) is 0 Å². The second kappa shape index (κ2) is 5.54. The van der Waals surface area contributed by atoms with Gasteiger partial charge in [0.15, 0.2) is 0 Å². The molecule has 0 aliphatic carbocycles. The topological polar surface area (TPSA) is 15.3 Å². The Balaban J connectivity index is 2.55. The van der Waals surface area contributed by atoms with Crippen LogP contribution in [0, 0.1) is 13.8 Å². The van der Waals surface area contributed by atoms with Gasteiger partial charge in [0, 0.05) is 31.4 Å². The van der Waals surface area contributed by atoms with Gasteiger partial charge in [-0.3, -0.25) is 0 Å². The van der Waals surface area contributed by atoms with Gasteiger partial charge in [-0.2, -0.15) is 0 Å². The smallest absolute Gasteiger partial charge is 0.0369 e. The first-order chi connectivity index (χ1) is 7.78. The minimum absolute atomic E-state index is 0.198. The largest absolute Gasteiger partial charge is 0.373 e. The minimum atomic E-state index is 0.198. The van der Waals surface area contributed by atoms with E-state index in [-0.39, 0.29) is 5.54 Å². The lowest BCUT2D eigenvalue weighted by Crippen LogP contribution is -2.40. The van der Waals surface area contributed by atoms with E-state index in [9.17, 15) is 0 Å². The van der Waals surface area contributed by atoms with Crippen molar-refractivity contribution in [1.82, 2.24) is 5.32 Å². The fraction of sp³-hybridized carbons (Fsp3) is 0.600. The quantitative estimate of drug-likeness (QED) is 0.861. The summed E-state index contributed by atoms with van der Waals surface area (Å²) in [5, 5.41) is 3.51. The zero-order valence-corrected chi connectivity index (χ0v) is 12.1. The zero-order chi connectivity index (χ0) is 13.1. The molecule has 96 valence electrons. The summed E-state index contributed by atoms with van der Waals surface area (Å²) in [5.74, 6) is 0. The summed E-state index contributed by atoms with van der Waals surface area (Å²) in [6.07, 6.45) is 0. The van der Waals surface area contributed by atoms with Gasteiger partial charge in [-0.25, -0.2) is 0 Å². The molecule has 0 amide bonds. The van der Waals surface area contributed by atoms with Crippen LogP contribution in [0.3, 0.4) is 0 Å². The van der Waals surface area contributed by atoms with E-state index in [0.29, 0.717) is 0 Å². The van der Waals surface area contributed by atoms with E-state index in [1.54, 1.807) is 0 Å². The van der Waals surface area contributed by atoms with Crippen molar-refractivity contribution in [2.45, 2.75) is 40.2 Å². The van der Waals surface area contributed by atoms with Gasteiger partial charge in [-0.05, 0) is 57.9 Å². The van der Waals surface area contributed by atoms with Gasteiger partial charge in [-0.15, -0.1) is 0 Å². The van der Waals surface area contributed by atoms with Gasteiger partial charge < -0.3 is 10.2 Å². The van der Waals surface area contributed by atoms with Crippen molar-refractivity contribution in [3.8, 4) is 0 Å². The molecule has 0 unspecified atom stereocenters. The van der Waals surface area contributed by atoms with E-state index in [4.69, 9.17) is 0 Å². The summed E-state index contributed by atoms with van der Waals surface area (Å²) in [6, 6.07) is 6.69. The molecule has 0 bridgehead atoms. The Morgan fingerprint density at radius 3 is 2.06 bits per heavy atom. The minimum Gasteiger partial charge on any atom is -0.373 e. The molecule has 0 radical (unpaired) electrons. The molecule has 0 atom stereocenters. The first-order valence-corrected chi connectivity index (χ1v) is 6.32. The number of nitrogens with zero attached hydrogens (tertiary/aromatic N) is 1. The average Bonchev–Trinajstić information content (AvgIpc) is 2.13. The highest BCUT2D eigenvalue weighted by molar-refractivity contribution is 5.50. The number of benzene rings is 1. The molecule has 0 aliphatic heterocycles. The van der Waals surface area contributed by atoms with E-state index < -0.39 is 0 Å². The Labute approximate surface area is 106 Å². The molecule has 0 aliphatic rings. The fourth-order valence-electron chi connectivity index (χ4n) is 1.90. The summed E-state index contributed by atoms with van der Waals surface area (Å²) in [5.41, 5.74) is 4.16. The van der Waals surface area contributed by atoms with Gasteiger partial charge >= 0.3 is 0 Å². The second-order valence-electron chi connectivity index (χ2n) is 5.94. The number of likely N-dealkylation sites (N-methyl/N-ethyl adjacent to an activating group) is 1. The molecule has 0 heterocycles. The van der Waals surface area contributed by atoms with E-state index in [1.807, 2.05) is 0 Å². The first kappa shape index (κ1) is 14.0. The third-order valence-electron chi connectivity index (χ3n) is 2.75. The van der Waals surface area contributed by atoms with Gasteiger partial charge in [0.25, 0.3) is 0 Å². The van der Waals surface area contributed by atoms with Crippen molar-refractivity contribution < 1.29 is 0 Å². The molecule has 0 fully saturated rings. The van der Waals surface area contributed by atoms with Crippen LogP contribution in [0.15, 0.2) is 18.2 Å². The summed E-state index contributed by atoms with van der Waals surface area (Å²) in [4.78, 5) is 2.30. The molecule has 0 saturated carbocycles. The summed E-state index contributed by atoms with van der Waals surface area (Å²) >= 11 is 0. The van der Waals surface area contributed by atoms with E-state index in [1.165, 1.54) is 16.8 Å². The van der Waals surface area contributed by atoms with Crippen LogP contribution in [0.1, 0.15) is 31.9 Å². The maximum Gasteiger partial charge on any atom is 0.0369 e. The van der Waals surface area contributed by atoms with Crippen LogP contribution in [0.2, 0.25) is 0 Å². The lowest BCUT2D eigenvalue weighted by molar-refractivity contribution is 0.431. The molecule has 0 aromatic heterocycles. The van der Waals surface area contributed by atoms with Crippen molar-refractivity contribution in [1.29, 1.82) is 0 Å². The van der Waals surface area contributed by atoms with Crippen molar-refractivity contribution in [2.75, 3.05) is 25.0 Å². The Morgan fingerprint density at radius 2 is 1.59 bits per heavy atom. The number of hydrogen-bond donors (Lipinski definition) is 1. The average molecular weight is 234 g/mol. The highest BCUT2D eigenvalue weighted by atomic mass is 15.1. The van der Waals surface area contributed by atoms with Crippen molar-refractivity contribution >= 4 is 5.69 Å². The maximum absolute atomic E-state index is 3.51. The molecule has 1 aromatic carbocycles. The molecule has 1 rings (SSSR count). The molecular formula is C15H26N2. The molecule has 2 nitrogen and oxygen atoms in total. The third-order valence-corrected chi connectivity index (χ3v) is 2.75. The Bertz CT molecular complexity index is 343. The number of nitrogens with one attached hydrogen (secondary N) is 1. The summed E-state index contributed by atoms with van der Waals surface area (Å²) < 4.78 is 0. The van der Waals surface area contributed by atoms with Crippen LogP contribution in [-0.4, -0.2) is 25.7 Å². The first-order valence-electron chi connectivity index (χ1n) is 6.32. The summed E-state index contributed by atoms with van der Waals surface area (Å²) in [7, 11) is 2.15. The SMILES string of the molecule is Cc1cc(C)cc(N(C)CCNC(C)(C)C)c1. The van der Waals surface area contributed by atoms with Crippen LogP contribution in [0.5, 0.6) is 0 Å². The molecule has 1 N–H and O–H groups in total. The van der Waals surface area contributed by atoms with Crippen LogP contribution in [-0.2, 0) is 0 Å². The number of rotatable bonds is 4. The van der Waals surface area contributed by atoms with Crippen LogP contribution >= 0.6 is 0 Å². The lowest BCUT2D eigenvalue weighted by Gasteiger charge is -2.25. The number of hydrogen-bond acceptors (Lipinski definition) is 2. The van der Waals surface area contributed by atoms with Gasteiger partial charge in [0.05, 0.1) is 0 Å². The van der Waals surface area contributed by atoms with Crippen molar-refractivity contribution in [3.05, 3.63) is 29.3 Å². The van der Waals surface area contributed by atoms with Gasteiger partial charge in [0.1, 0.15) is 0 Å². The number of aryl methyl sites for hydroxylation is 2.